The van der Waals surface area contributed by atoms with Crippen LogP contribution in [0, 0.1) is 0 Å². The van der Waals surface area contributed by atoms with Crippen LogP contribution in [0.25, 0.3) is 0 Å². The van der Waals surface area contributed by atoms with Crippen LogP contribution >= 0.6 is 0 Å². The second-order valence-corrected chi connectivity index (χ2v) is 16.2. The summed E-state index contributed by atoms with van der Waals surface area (Å²) in [6.45, 7) is 7.35. The number of hydrogen-bond acceptors (Lipinski definition) is 6. The highest BCUT2D eigenvalue weighted by molar-refractivity contribution is 5.29. The maximum absolute atomic E-state index is 10.5. The topological polar surface area (TPSA) is 77.4 Å². The van der Waals surface area contributed by atoms with E-state index < -0.39 is 12.2 Å². The molecule has 0 aliphatic carbocycles. The van der Waals surface area contributed by atoms with E-state index in [1.54, 1.807) is 0 Å². The number of aliphatic hydroxyl groups excluding tert-OH is 2. The quantitative estimate of drug-likeness (QED) is 0.0519. The third kappa shape index (κ3) is 30.1. The lowest BCUT2D eigenvalue weighted by molar-refractivity contribution is -0.0643. The zero-order chi connectivity index (χ0) is 40.9. The summed E-state index contributed by atoms with van der Waals surface area (Å²) in [6, 6.07) is 16.4. The Bertz CT molecular complexity index is 1240. The number of benzene rings is 2. The van der Waals surface area contributed by atoms with Gasteiger partial charge in [0.15, 0.2) is 0 Å². The molecule has 6 heteroatoms. The van der Waals surface area contributed by atoms with Crippen molar-refractivity contribution < 1.29 is 29.2 Å². The van der Waals surface area contributed by atoms with E-state index in [2.05, 4.69) is 62.4 Å². The van der Waals surface area contributed by atoms with Crippen LogP contribution in [-0.2, 0) is 22.3 Å². The molecule has 2 rings (SSSR count). The van der Waals surface area contributed by atoms with Gasteiger partial charge in [-0.05, 0) is 107 Å². The zero-order valence-corrected chi connectivity index (χ0v) is 36.7. The second-order valence-electron chi connectivity index (χ2n) is 16.2. The molecule has 3 unspecified atom stereocenters. The molecule has 0 heterocycles. The van der Waals surface area contributed by atoms with E-state index in [4.69, 9.17) is 18.9 Å². The fraction of sp³-hybridized carbons (Fsp3) is 0.686. The lowest BCUT2D eigenvalue weighted by atomic mass is 10.0. The maximum atomic E-state index is 10.5. The van der Waals surface area contributed by atoms with Crippen LogP contribution < -0.4 is 9.47 Å². The summed E-state index contributed by atoms with van der Waals surface area (Å²) in [5.74, 6) is 1.56. The van der Waals surface area contributed by atoms with Gasteiger partial charge in [0.1, 0.15) is 36.9 Å². The van der Waals surface area contributed by atoms with E-state index in [1.165, 1.54) is 152 Å². The Hall–Kier alpha value is -2.64. The molecule has 2 aromatic carbocycles. The van der Waals surface area contributed by atoms with Gasteiger partial charge in [-0.15, -0.1) is 0 Å². The van der Waals surface area contributed by atoms with Crippen molar-refractivity contribution in [3.05, 3.63) is 84.0 Å². The highest BCUT2D eigenvalue weighted by atomic mass is 16.5. The van der Waals surface area contributed by atoms with E-state index >= 15 is 0 Å². The van der Waals surface area contributed by atoms with Crippen LogP contribution in [0.2, 0.25) is 0 Å². The van der Waals surface area contributed by atoms with E-state index in [-0.39, 0.29) is 32.5 Å². The molecule has 57 heavy (non-hydrogen) atoms. The van der Waals surface area contributed by atoms with Crippen molar-refractivity contribution in [2.75, 3.05) is 33.0 Å². The van der Waals surface area contributed by atoms with E-state index in [0.29, 0.717) is 6.61 Å². The van der Waals surface area contributed by atoms with Gasteiger partial charge in [-0.1, -0.05) is 152 Å². The molecule has 0 saturated heterocycles. The third-order valence-corrected chi connectivity index (χ3v) is 10.4. The standard InChI is InChI=1S/C51H84O6/c1-4-6-8-10-12-14-16-18-20-22-24-26-28-32-46-34-30-36-50(38-46)56-43-48(52)41-54-40-45(3)55-42-49(53)44-57-51-37-31-35-47(39-51)33-29-27-25-23-21-19-17-15-13-11-9-7-5-2/h10-13,30-31,34-39,45,48-49,52-53H,4-9,14-29,32-33,40-44H2,1-3H3/b12-10+,13-11+. The molecule has 2 aromatic rings. The molecule has 324 valence electrons. The van der Waals surface area contributed by atoms with Crippen LogP contribution in [-0.4, -0.2) is 61.6 Å². The molecular weight excluding hydrogens is 709 g/mol. The number of aryl methyl sites for hydroxylation is 2. The second kappa shape index (κ2) is 36.4. The Morgan fingerprint density at radius 3 is 1.33 bits per heavy atom. The number of ether oxygens (including phenoxy) is 4. The van der Waals surface area contributed by atoms with Crippen molar-refractivity contribution >= 4 is 0 Å². The summed E-state index contributed by atoms with van der Waals surface area (Å²) in [6.07, 6.45) is 38.1. The average molecular weight is 793 g/mol. The van der Waals surface area contributed by atoms with E-state index in [0.717, 1.165) is 24.3 Å². The van der Waals surface area contributed by atoms with Crippen LogP contribution in [0.1, 0.15) is 173 Å². The predicted molar refractivity (Wildman–Crippen MR) is 241 cm³/mol. The lowest BCUT2D eigenvalue weighted by Gasteiger charge is -2.18. The minimum absolute atomic E-state index is 0.152. The number of allylic oxidation sites excluding steroid dienone is 4. The number of hydrogen-bond donors (Lipinski definition) is 2. The van der Waals surface area contributed by atoms with Gasteiger partial charge in [-0.2, -0.15) is 0 Å². The van der Waals surface area contributed by atoms with Gasteiger partial charge in [0.05, 0.1) is 25.9 Å². The van der Waals surface area contributed by atoms with Gasteiger partial charge < -0.3 is 29.2 Å². The normalized spacial score (nSPS) is 13.4. The molecule has 0 aliphatic rings. The number of rotatable bonds is 39. The Kier molecular flexibility index (Phi) is 32.3. The maximum Gasteiger partial charge on any atom is 0.119 e. The first-order valence-electron chi connectivity index (χ1n) is 23.3. The van der Waals surface area contributed by atoms with Crippen molar-refractivity contribution in [3.8, 4) is 11.5 Å². The smallest absolute Gasteiger partial charge is 0.119 e. The molecule has 0 radical (unpaired) electrons. The van der Waals surface area contributed by atoms with Gasteiger partial charge in [0.25, 0.3) is 0 Å². The molecule has 0 amide bonds. The monoisotopic (exact) mass is 793 g/mol. The number of aliphatic hydroxyl groups is 2. The van der Waals surface area contributed by atoms with E-state index in [9.17, 15) is 10.2 Å². The summed E-state index contributed by atoms with van der Waals surface area (Å²) in [5.41, 5.74) is 2.55. The molecular formula is C51H84O6. The van der Waals surface area contributed by atoms with Crippen molar-refractivity contribution in [1.82, 2.24) is 0 Å². The van der Waals surface area contributed by atoms with Crippen LogP contribution in [0.4, 0.5) is 0 Å². The van der Waals surface area contributed by atoms with Crippen LogP contribution in [0.3, 0.4) is 0 Å². The largest absolute Gasteiger partial charge is 0.491 e. The lowest BCUT2D eigenvalue weighted by Crippen LogP contribution is -2.29. The molecule has 0 aromatic heterocycles. The Labute approximate surface area is 349 Å². The van der Waals surface area contributed by atoms with E-state index in [1.807, 2.05) is 31.2 Å². The van der Waals surface area contributed by atoms with Gasteiger partial charge in [0.2, 0.25) is 0 Å². The highest BCUT2D eigenvalue weighted by Crippen LogP contribution is 2.19. The first kappa shape index (κ1) is 50.5. The Morgan fingerprint density at radius 1 is 0.474 bits per heavy atom. The van der Waals surface area contributed by atoms with Gasteiger partial charge in [-0.3, -0.25) is 0 Å². The van der Waals surface area contributed by atoms with Crippen molar-refractivity contribution in [2.24, 2.45) is 0 Å². The molecule has 0 aliphatic heterocycles. The summed E-state index contributed by atoms with van der Waals surface area (Å²) in [4.78, 5) is 0. The molecule has 3 atom stereocenters. The van der Waals surface area contributed by atoms with Gasteiger partial charge >= 0.3 is 0 Å². The molecule has 2 N–H and O–H groups in total. The molecule has 0 fully saturated rings. The minimum Gasteiger partial charge on any atom is -0.491 e. The van der Waals surface area contributed by atoms with Crippen molar-refractivity contribution in [3.63, 3.8) is 0 Å². The Morgan fingerprint density at radius 2 is 0.877 bits per heavy atom. The first-order chi connectivity index (χ1) is 28.0. The average Bonchev–Trinajstić information content (AvgIpc) is 3.22. The zero-order valence-electron chi connectivity index (χ0n) is 36.7. The molecule has 6 nitrogen and oxygen atoms in total. The molecule has 0 bridgehead atoms. The van der Waals surface area contributed by atoms with Crippen LogP contribution in [0.15, 0.2) is 72.8 Å². The van der Waals surface area contributed by atoms with Gasteiger partial charge in [0, 0.05) is 0 Å². The summed E-state index contributed by atoms with van der Waals surface area (Å²) < 4.78 is 23.2. The summed E-state index contributed by atoms with van der Waals surface area (Å²) >= 11 is 0. The van der Waals surface area contributed by atoms with Crippen molar-refractivity contribution in [2.45, 2.75) is 193 Å². The Balaban J connectivity index is 1.46. The summed E-state index contributed by atoms with van der Waals surface area (Å²) in [7, 11) is 0. The fourth-order valence-electron chi connectivity index (χ4n) is 6.82. The SMILES string of the molecule is CCCC/C=C/CCCCCCCCCc1cccc(OCC(O)COCC(C)OCC(O)COc2cccc(CCCCCCCCC/C=C/CCCC)c2)c1. The summed E-state index contributed by atoms with van der Waals surface area (Å²) in [5, 5.41) is 20.9. The fourth-order valence-corrected chi connectivity index (χ4v) is 6.82. The predicted octanol–water partition coefficient (Wildman–Crippen LogP) is 13.1. The first-order valence-corrected chi connectivity index (χ1v) is 23.3. The number of unbranched alkanes of at least 4 members (excludes halogenated alkanes) is 18. The van der Waals surface area contributed by atoms with Gasteiger partial charge in [-0.25, -0.2) is 0 Å². The minimum atomic E-state index is -0.745. The van der Waals surface area contributed by atoms with Crippen molar-refractivity contribution in [1.29, 1.82) is 0 Å². The molecule has 0 spiro atoms. The highest BCUT2D eigenvalue weighted by Gasteiger charge is 2.12. The molecule has 0 saturated carbocycles. The van der Waals surface area contributed by atoms with Crippen LogP contribution in [0.5, 0.6) is 11.5 Å². The third-order valence-electron chi connectivity index (χ3n) is 10.4.